The van der Waals surface area contributed by atoms with Crippen LogP contribution in [0.1, 0.15) is 48.0 Å². The van der Waals surface area contributed by atoms with Crippen molar-refractivity contribution in [2.24, 2.45) is 0 Å². The number of hydrogen-bond acceptors (Lipinski definition) is 5. The summed E-state index contributed by atoms with van der Waals surface area (Å²) in [5.74, 6) is 0.0298. The maximum Gasteiger partial charge on any atom is 0.232 e. The fraction of sp³-hybridized carbons (Fsp3) is 0.348. The third-order valence-electron chi connectivity index (χ3n) is 5.53. The molecule has 0 aliphatic heterocycles. The molecule has 1 N–H and O–H groups in total. The Bertz CT molecular complexity index is 1240. The van der Waals surface area contributed by atoms with Gasteiger partial charge in [0.15, 0.2) is 5.78 Å². The number of furan rings is 1. The number of aliphatic hydroxyl groups excluding tert-OH is 1. The molecule has 164 valence electrons. The van der Waals surface area contributed by atoms with Gasteiger partial charge in [0.05, 0.1) is 30.7 Å². The first-order chi connectivity index (χ1) is 14.7. The second-order valence-corrected chi connectivity index (χ2v) is 9.74. The van der Waals surface area contributed by atoms with Crippen LogP contribution in [-0.4, -0.2) is 38.7 Å². The molecule has 31 heavy (non-hydrogen) atoms. The van der Waals surface area contributed by atoms with Gasteiger partial charge < -0.3 is 9.52 Å². The molecule has 1 aliphatic carbocycles. The molecule has 1 heterocycles. The molecule has 3 aromatic rings. The third kappa shape index (κ3) is 4.09. The van der Waals surface area contributed by atoms with Crippen LogP contribution in [0.15, 0.2) is 40.8 Å². The monoisotopic (exact) mass is 445 g/mol. The standard InChI is InChI=1S/C23H24FNO5S/c1-3-20(27)22-18-12-17(14-4-5-14)19(25(10-11-26)31(2,28)29)13-21(18)30-23(22)15-6-8-16(24)9-7-15/h6-9,12-14,26H,3-5,10-11H2,1-2H3. The molecular weight excluding hydrogens is 421 g/mol. The highest BCUT2D eigenvalue weighted by molar-refractivity contribution is 7.92. The number of anilines is 1. The van der Waals surface area contributed by atoms with Gasteiger partial charge in [-0.05, 0) is 54.7 Å². The largest absolute Gasteiger partial charge is 0.455 e. The Labute approximate surface area is 180 Å². The van der Waals surface area contributed by atoms with Crippen LogP contribution in [0.5, 0.6) is 0 Å². The van der Waals surface area contributed by atoms with Crippen LogP contribution < -0.4 is 4.31 Å². The molecule has 0 radical (unpaired) electrons. The molecular formula is C23H24FNO5S. The molecule has 4 rings (SSSR count). The van der Waals surface area contributed by atoms with Crippen molar-refractivity contribution in [1.29, 1.82) is 0 Å². The lowest BCUT2D eigenvalue weighted by Crippen LogP contribution is -2.33. The molecule has 0 amide bonds. The minimum atomic E-state index is -3.64. The number of hydrogen-bond donors (Lipinski definition) is 1. The van der Waals surface area contributed by atoms with E-state index in [2.05, 4.69) is 0 Å². The Balaban J connectivity index is 2.00. The molecule has 1 aliphatic rings. The number of ketones is 1. The van der Waals surface area contributed by atoms with Crippen molar-refractivity contribution in [1.82, 2.24) is 0 Å². The van der Waals surface area contributed by atoms with Crippen LogP contribution in [0.4, 0.5) is 10.1 Å². The third-order valence-corrected chi connectivity index (χ3v) is 6.71. The summed E-state index contributed by atoms with van der Waals surface area (Å²) in [7, 11) is -3.64. The van der Waals surface area contributed by atoms with Crippen molar-refractivity contribution in [3.63, 3.8) is 0 Å². The molecule has 1 saturated carbocycles. The van der Waals surface area contributed by atoms with Crippen LogP contribution in [0.25, 0.3) is 22.3 Å². The average Bonchev–Trinajstić information content (AvgIpc) is 3.51. The van der Waals surface area contributed by atoms with Crippen LogP contribution >= 0.6 is 0 Å². The normalized spacial score (nSPS) is 14.2. The summed E-state index contributed by atoms with van der Waals surface area (Å²) in [6, 6.07) is 9.19. The molecule has 1 aromatic heterocycles. The maximum absolute atomic E-state index is 13.4. The topological polar surface area (TPSA) is 87.8 Å². The first kappa shape index (κ1) is 21.5. The van der Waals surface area contributed by atoms with Gasteiger partial charge in [-0.3, -0.25) is 9.10 Å². The number of carbonyl (C=O) groups excluding carboxylic acids is 1. The van der Waals surface area contributed by atoms with Crippen molar-refractivity contribution >= 4 is 32.5 Å². The van der Waals surface area contributed by atoms with E-state index in [4.69, 9.17) is 4.42 Å². The predicted octanol–water partition coefficient (Wildman–Crippen LogP) is 4.47. The zero-order valence-corrected chi connectivity index (χ0v) is 18.2. The number of nitrogens with zero attached hydrogens (tertiary/aromatic N) is 1. The van der Waals surface area contributed by atoms with Gasteiger partial charge in [0.1, 0.15) is 17.2 Å². The molecule has 0 bridgehead atoms. The first-order valence-electron chi connectivity index (χ1n) is 10.2. The number of fused-ring (bicyclic) bond motifs is 1. The number of aliphatic hydroxyl groups is 1. The van der Waals surface area contributed by atoms with E-state index in [9.17, 15) is 22.7 Å². The van der Waals surface area contributed by atoms with Crippen molar-refractivity contribution in [3.05, 3.63) is 53.3 Å². The highest BCUT2D eigenvalue weighted by Gasteiger charge is 2.32. The summed E-state index contributed by atoms with van der Waals surface area (Å²) in [6.45, 7) is 1.36. The number of sulfonamides is 1. The Morgan fingerprint density at radius 2 is 1.90 bits per heavy atom. The predicted molar refractivity (Wildman–Crippen MR) is 117 cm³/mol. The summed E-state index contributed by atoms with van der Waals surface area (Å²) >= 11 is 0. The molecule has 8 heteroatoms. The fourth-order valence-corrected chi connectivity index (χ4v) is 4.83. The number of rotatable bonds is 8. The van der Waals surface area contributed by atoms with Gasteiger partial charge in [0, 0.05) is 23.4 Å². The number of Topliss-reactive ketones (excluding diaryl/α,β-unsaturated/α-hetero) is 1. The summed E-state index contributed by atoms with van der Waals surface area (Å²) in [6.07, 6.45) is 3.22. The number of carbonyl (C=O) groups is 1. The van der Waals surface area contributed by atoms with Crippen molar-refractivity contribution in [2.45, 2.75) is 32.1 Å². The van der Waals surface area contributed by atoms with Crippen molar-refractivity contribution in [3.8, 4) is 11.3 Å². The second kappa shape index (κ2) is 8.09. The minimum absolute atomic E-state index is 0.0731. The van der Waals surface area contributed by atoms with E-state index >= 15 is 0 Å². The van der Waals surface area contributed by atoms with Crippen LogP contribution in [0, 0.1) is 5.82 Å². The Kier molecular flexibility index (Phi) is 5.61. The van der Waals surface area contributed by atoms with Crippen LogP contribution in [0.2, 0.25) is 0 Å². The molecule has 0 spiro atoms. The van der Waals surface area contributed by atoms with E-state index < -0.39 is 15.8 Å². The lowest BCUT2D eigenvalue weighted by Gasteiger charge is -2.24. The summed E-state index contributed by atoms with van der Waals surface area (Å²) in [5, 5.41) is 10.1. The van der Waals surface area contributed by atoms with E-state index in [1.54, 1.807) is 25.1 Å². The highest BCUT2D eigenvalue weighted by Crippen LogP contribution is 2.48. The fourth-order valence-electron chi connectivity index (χ4n) is 3.90. The van der Waals surface area contributed by atoms with Crippen molar-refractivity contribution < 1.29 is 27.1 Å². The van der Waals surface area contributed by atoms with Gasteiger partial charge in [0.2, 0.25) is 10.0 Å². The molecule has 0 unspecified atom stereocenters. The van der Waals surface area contributed by atoms with Gasteiger partial charge in [0.25, 0.3) is 0 Å². The summed E-state index contributed by atoms with van der Waals surface area (Å²) in [4.78, 5) is 12.9. The summed E-state index contributed by atoms with van der Waals surface area (Å²) in [5.41, 5.74) is 2.65. The van der Waals surface area contributed by atoms with E-state index in [0.717, 1.165) is 24.7 Å². The average molecular weight is 446 g/mol. The number of halogens is 1. The molecule has 0 saturated heterocycles. The van der Waals surface area contributed by atoms with Crippen molar-refractivity contribution in [2.75, 3.05) is 23.7 Å². The zero-order chi connectivity index (χ0) is 22.3. The lowest BCUT2D eigenvalue weighted by molar-refractivity contribution is 0.0989. The van der Waals surface area contributed by atoms with Crippen LogP contribution in [-0.2, 0) is 10.0 Å². The summed E-state index contributed by atoms with van der Waals surface area (Å²) < 4.78 is 45.5. The van der Waals surface area contributed by atoms with Gasteiger partial charge >= 0.3 is 0 Å². The Morgan fingerprint density at radius 1 is 1.23 bits per heavy atom. The maximum atomic E-state index is 13.4. The van der Waals surface area contributed by atoms with Gasteiger partial charge in [-0.15, -0.1) is 0 Å². The second-order valence-electron chi connectivity index (χ2n) is 7.83. The Morgan fingerprint density at radius 3 is 2.45 bits per heavy atom. The van der Waals surface area contributed by atoms with Gasteiger partial charge in [-0.1, -0.05) is 6.92 Å². The Hall–Kier alpha value is -2.71. The van der Waals surface area contributed by atoms with E-state index in [1.807, 2.05) is 6.07 Å². The first-order valence-corrected chi connectivity index (χ1v) is 12.1. The molecule has 1 fully saturated rings. The lowest BCUT2D eigenvalue weighted by atomic mass is 9.97. The SMILES string of the molecule is CCC(=O)c1c(-c2ccc(F)cc2)oc2cc(N(CCO)S(C)(=O)=O)c(C3CC3)cc12. The highest BCUT2D eigenvalue weighted by atomic mass is 32.2. The van der Waals surface area contributed by atoms with Gasteiger partial charge in [-0.25, -0.2) is 12.8 Å². The smallest absolute Gasteiger partial charge is 0.232 e. The molecule has 0 atom stereocenters. The zero-order valence-electron chi connectivity index (χ0n) is 17.4. The van der Waals surface area contributed by atoms with E-state index in [1.165, 1.54) is 16.4 Å². The van der Waals surface area contributed by atoms with Crippen LogP contribution in [0.3, 0.4) is 0 Å². The van der Waals surface area contributed by atoms with E-state index in [-0.39, 0.29) is 31.3 Å². The van der Waals surface area contributed by atoms with Gasteiger partial charge in [-0.2, -0.15) is 0 Å². The quantitative estimate of drug-likeness (QED) is 0.517. The molecule has 2 aromatic carbocycles. The minimum Gasteiger partial charge on any atom is -0.455 e. The van der Waals surface area contributed by atoms with E-state index in [0.29, 0.717) is 33.5 Å². The number of benzene rings is 2. The molecule has 6 nitrogen and oxygen atoms in total.